The van der Waals surface area contributed by atoms with Crippen molar-refractivity contribution in [2.45, 2.75) is 39.3 Å². The standard InChI is InChI=1S/C20H26N2O2/c1-14-9-8-10-15(2)18(14)24-13-16(3)22-19(23)20(4,21)17-11-6-5-7-12-17/h5-12,16H,13,21H2,1-4H3,(H,22,23). The van der Waals surface area contributed by atoms with Crippen LogP contribution in [0.3, 0.4) is 0 Å². The number of hydrogen-bond acceptors (Lipinski definition) is 3. The fourth-order valence-corrected chi connectivity index (χ4v) is 2.57. The van der Waals surface area contributed by atoms with E-state index in [1.54, 1.807) is 6.92 Å². The Morgan fingerprint density at radius 1 is 1.12 bits per heavy atom. The summed E-state index contributed by atoms with van der Waals surface area (Å²) in [6.45, 7) is 8.04. The van der Waals surface area contributed by atoms with Crippen LogP contribution < -0.4 is 15.8 Å². The topological polar surface area (TPSA) is 64.3 Å². The summed E-state index contributed by atoms with van der Waals surface area (Å²) in [6, 6.07) is 15.2. The third-order valence-corrected chi connectivity index (χ3v) is 4.11. The van der Waals surface area contributed by atoms with Gasteiger partial charge in [-0.05, 0) is 44.4 Å². The van der Waals surface area contributed by atoms with Gasteiger partial charge in [0.15, 0.2) is 0 Å². The Morgan fingerprint density at radius 2 is 1.71 bits per heavy atom. The maximum atomic E-state index is 12.5. The third kappa shape index (κ3) is 4.15. The molecule has 0 radical (unpaired) electrons. The van der Waals surface area contributed by atoms with E-state index in [1.807, 2.05) is 69.3 Å². The van der Waals surface area contributed by atoms with Crippen LogP contribution >= 0.6 is 0 Å². The van der Waals surface area contributed by atoms with Crippen LogP contribution in [0.15, 0.2) is 48.5 Å². The van der Waals surface area contributed by atoms with Crippen molar-refractivity contribution in [1.29, 1.82) is 0 Å². The number of nitrogens with one attached hydrogen (secondary N) is 1. The molecule has 0 aromatic heterocycles. The van der Waals surface area contributed by atoms with Crippen molar-refractivity contribution in [2.75, 3.05) is 6.61 Å². The van der Waals surface area contributed by atoms with Crippen LogP contribution in [0.25, 0.3) is 0 Å². The second-order valence-corrected chi connectivity index (χ2v) is 6.47. The molecule has 2 atom stereocenters. The molecule has 0 heterocycles. The highest BCUT2D eigenvalue weighted by Crippen LogP contribution is 2.22. The lowest BCUT2D eigenvalue weighted by atomic mass is 9.92. The van der Waals surface area contributed by atoms with Crippen molar-refractivity contribution in [3.05, 3.63) is 65.2 Å². The fourth-order valence-electron chi connectivity index (χ4n) is 2.57. The SMILES string of the molecule is Cc1cccc(C)c1OCC(C)NC(=O)C(C)(N)c1ccccc1. The summed E-state index contributed by atoms with van der Waals surface area (Å²) in [7, 11) is 0. The molecule has 1 amide bonds. The Hall–Kier alpha value is -2.33. The molecule has 24 heavy (non-hydrogen) atoms. The van der Waals surface area contributed by atoms with Crippen LogP contribution in [-0.4, -0.2) is 18.6 Å². The van der Waals surface area contributed by atoms with Gasteiger partial charge >= 0.3 is 0 Å². The number of rotatable bonds is 6. The van der Waals surface area contributed by atoms with Gasteiger partial charge in [0.05, 0.1) is 6.04 Å². The molecule has 2 rings (SSSR count). The molecule has 0 saturated heterocycles. The zero-order valence-electron chi connectivity index (χ0n) is 14.8. The van der Waals surface area contributed by atoms with Crippen LogP contribution in [0.2, 0.25) is 0 Å². The van der Waals surface area contributed by atoms with Crippen molar-refractivity contribution in [3.63, 3.8) is 0 Å². The highest BCUT2D eigenvalue weighted by Gasteiger charge is 2.31. The largest absolute Gasteiger partial charge is 0.491 e. The lowest BCUT2D eigenvalue weighted by molar-refractivity contribution is -0.126. The number of aryl methyl sites for hydroxylation is 2. The van der Waals surface area contributed by atoms with Gasteiger partial charge in [-0.15, -0.1) is 0 Å². The molecule has 128 valence electrons. The molecule has 3 N–H and O–H groups in total. The molecule has 0 bridgehead atoms. The lowest BCUT2D eigenvalue weighted by Crippen LogP contribution is -2.52. The van der Waals surface area contributed by atoms with E-state index in [9.17, 15) is 4.79 Å². The number of para-hydroxylation sites is 1. The van der Waals surface area contributed by atoms with Gasteiger partial charge in [0.1, 0.15) is 17.9 Å². The van der Waals surface area contributed by atoms with Gasteiger partial charge in [-0.1, -0.05) is 48.5 Å². The normalized spacial score (nSPS) is 14.5. The monoisotopic (exact) mass is 326 g/mol. The van der Waals surface area contributed by atoms with E-state index in [0.717, 1.165) is 22.4 Å². The predicted octanol–water partition coefficient (Wildman–Crippen LogP) is 3.06. The van der Waals surface area contributed by atoms with Gasteiger partial charge < -0.3 is 15.8 Å². The molecule has 0 spiro atoms. The van der Waals surface area contributed by atoms with Gasteiger partial charge in [-0.3, -0.25) is 4.79 Å². The number of benzene rings is 2. The smallest absolute Gasteiger partial charge is 0.244 e. The van der Waals surface area contributed by atoms with Crippen molar-refractivity contribution in [2.24, 2.45) is 5.73 Å². The van der Waals surface area contributed by atoms with Gasteiger partial charge in [0, 0.05) is 0 Å². The molecule has 0 saturated carbocycles. The summed E-state index contributed by atoms with van der Waals surface area (Å²) in [4.78, 5) is 12.5. The minimum Gasteiger partial charge on any atom is -0.491 e. The molecule has 0 fully saturated rings. The quantitative estimate of drug-likeness (QED) is 0.857. The fraction of sp³-hybridized carbons (Fsp3) is 0.350. The Bertz CT molecular complexity index is 676. The van der Waals surface area contributed by atoms with Gasteiger partial charge in [0.25, 0.3) is 0 Å². The number of carbonyl (C=O) groups is 1. The van der Waals surface area contributed by atoms with E-state index in [2.05, 4.69) is 5.32 Å². The molecular weight excluding hydrogens is 300 g/mol. The first-order valence-corrected chi connectivity index (χ1v) is 8.16. The molecule has 4 heteroatoms. The van der Waals surface area contributed by atoms with Crippen molar-refractivity contribution in [3.8, 4) is 5.75 Å². The summed E-state index contributed by atoms with van der Waals surface area (Å²) in [6.07, 6.45) is 0. The number of hydrogen-bond donors (Lipinski definition) is 2. The van der Waals surface area contributed by atoms with Crippen molar-refractivity contribution < 1.29 is 9.53 Å². The van der Waals surface area contributed by atoms with Crippen LogP contribution in [0.5, 0.6) is 5.75 Å². The zero-order chi connectivity index (χ0) is 17.7. The second kappa shape index (κ2) is 7.49. The van der Waals surface area contributed by atoms with Crippen LogP contribution in [0.1, 0.15) is 30.5 Å². The van der Waals surface area contributed by atoms with Crippen LogP contribution in [0, 0.1) is 13.8 Å². The maximum Gasteiger partial charge on any atom is 0.244 e. The molecular formula is C20H26N2O2. The summed E-state index contributed by atoms with van der Waals surface area (Å²) >= 11 is 0. The minimum absolute atomic E-state index is 0.150. The highest BCUT2D eigenvalue weighted by atomic mass is 16.5. The Morgan fingerprint density at radius 3 is 2.29 bits per heavy atom. The average molecular weight is 326 g/mol. The first-order chi connectivity index (χ1) is 11.3. The van der Waals surface area contributed by atoms with E-state index in [4.69, 9.17) is 10.5 Å². The Kier molecular flexibility index (Phi) is 5.62. The zero-order valence-corrected chi connectivity index (χ0v) is 14.8. The van der Waals surface area contributed by atoms with E-state index in [0.29, 0.717) is 6.61 Å². The first-order valence-electron chi connectivity index (χ1n) is 8.16. The molecule has 2 unspecified atom stereocenters. The maximum absolute atomic E-state index is 12.5. The highest BCUT2D eigenvalue weighted by molar-refractivity contribution is 5.87. The van der Waals surface area contributed by atoms with E-state index < -0.39 is 5.54 Å². The van der Waals surface area contributed by atoms with E-state index in [1.165, 1.54) is 0 Å². The van der Waals surface area contributed by atoms with Crippen LogP contribution in [0.4, 0.5) is 0 Å². The van der Waals surface area contributed by atoms with E-state index in [-0.39, 0.29) is 11.9 Å². The van der Waals surface area contributed by atoms with Crippen molar-refractivity contribution >= 4 is 5.91 Å². The summed E-state index contributed by atoms with van der Waals surface area (Å²) < 4.78 is 5.89. The van der Waals surface area contributed by atoms with Gasteiger partial charge in [-0.2, -0.15) is 0 Å². The molecule has 0 aliphatic carbocycles. The first kappa shape index (κ1) is 18.0. The van der Waals surface area contributed by atoms with Crippen LogP contribution in [-0.2, 0) is 10.3 Å². The molecule has 4 nitrogen and oxygen atoms in total. The molecule has 0 aliphatic heterocycles. The molecule has 2 aromatic rings. The number of amides is 1. The molecule has 0 aliphatic rings. The second-order valence-electron chi connectivity index (χ2n) is 6.47. The number of carbonyl (C=O) groups excluding carboxylic acids is 1. The average Bonchev–Trinajstić information content (AvgIpc) is 2.55. The summed E-state index contributed by atoms with van der Waals surface area (Å²) in [5.41, 5.74) is 8.11. The summed E-state index contributed by atoms with van der Waals surface area (Å²) in [5.74, 6) is 0.656. The predicted molar refractivity (Wildman–Crippen MR) is 97.0 cm³/mol. The third-order valence-electron chi connectivity index (χ3n) is 4.11. The Balaban J connectivity index is 1.97. The minimum atomic E-state index is -1.08. The lowest BCUT2D eigenvalue weighted by Gasteiger charge is -2.26. The van der Waals surface area contributed by atoms with E-state index >= 15 is 0 Å². The number of ether oxygens (including phenoxy) is 1. The molecule has 2 aromatic carbocycles. The van der Waals surface area contributed by atoms with Crippen molar-refractivity contribution in [1.82, 2.24) is 5.32 Å². The Labute approximate surface area is 144 Å². The number of nitrogens with two attached hydrogens (primary N) is 1. The summed E-state index contributed by atoms with van der Waals surface area (Å²) in [5, 5.41) is 2.94. The van der Waals surface area contributed by atoms with Gasteiger partial charge in [-0.25, -0.2) is 0 Å². The van der Waals surface area contributed by atoms with Gasteiger partial charge in [0.2, 0.25) is 5.91 Å².